The first-order chi connectivity index (χ1) is 11.0. The molecule has 1 amide bonds. The molecule has 2 aromatic rings. The molecule has 0 unspecified atom stereocenters. The first-order valence-corrected chi connectivity index (χ1v) is 8.35. The summed E-state index contributed by atoms with van der Waals surface area (Å²) in [7, 11) is -0.859. The maximum Gasteiger partial charge on any atom is 0.264 e. The smallest absolute Gasteiger partial charge is 0.264 e. The highest BCUT2D eigenvalue weighted by atomic mass is 32.2. The summed E-state index contributed by atoms with van der Waals surface area (Å²) in [4.78, 5) is 11.9. The summed E-state index contributed by atoms with van der Waals surface area (Å²) in [6.07, 6.45) is 0. The van der Waals surface area contributed by atoms with Crippen LogP contribution in [-0.4, -0.2) is 35.0 Å². The monoisotopic (exact) mass is 334 g/mol. The van der Waals surface area contributed by atoms with Crippen molar-refractivity contribution in [3.05, 3.63) is 54.6 Å². The van der Waals surface area contributed by atoms with Gasteiger partial charge in [-0.2, -0.15) is 0 Å². The lowest BCUT2D eigenvalue weighted by Gasteiger charge is -2.24. The molecule has 122 valence electrons. The van der Waals surface area contributed by atoms with Crippen molar-refractivity contribution in [2.45, 2.75) is 4.90 Å². The van der Waals surface area contributed by atoms with Crippen molar-refractivity contribution in [1.82, 2.24) is 5.32 Å². The quantitative estimate of drug-likeness (QED) is 0.871. The Kier molecular flexibility index (Phi) is 5.23. The topological polar surface area (TPSA) is 75.7 Å². The van der Waals surface area contributed by atoms with Gasteiger partial charge in [0.25, 0.3) is 10.0 Å². The summed E-state index contributed by atoms with van der Waals surface area (Å²) in [6, 6.07) is 14.5. The molecule has 6 nitrogen and oxygen atoms in total. The molecular formula is C16H18N2O4S. The van der Waals surface area contributed by atoms with Crippen molar-refractivity contribution in [3.63, 3.8) is 0 Å². The number of carbonyl (C=O) groups excluding carboxylic acids is 1. The SMILES string of the molecule is CNC(=O)CN(c1ccc(OC)cc1)S(=O)(=O)c1ccccc1. The summed E-state index contributed by atoms with van der Waals surface area (Å²) in [5.74, 6) is 0.200. The maximum atomic E-state index is 12.9. The van der Waals surface area contributed by atoms with Gasteiger partial charge < -0.3 is 10.1 Å². The number of methoxy groups -OCH3 is 1. The third-order valence-electron chi connectivity index (χ3n) is 3.26. The number of hydrogen-bond acceptors (Lipinski definition) is 4. The second-order valence-corrected chi connectivity index (χ2v) is 6.56. The number of ether oxygens (including phenoxy) is 1. The Bertz CT molecular complexity index is 758. The summed E-state index contributed by atoms with van der Waals surface area (Å²) < 4.78 is 31.9. The molecule has 0 saturated carbocycles. The van der Waals surface area contributed by atoms with Crippen LogP contribution in [0.1, 0.15) is 0 Å². The Labute approximate surface area is 135 Å². The summed E-state index contributed by atoms with van der Waals surface area (Å²) >= 11 is 0. The number of anilines is 1. The van der Waals surface area contributed by atoms with Crippen LogP contribution >= 0.6 is 0 Å². The van der Waals surface area contributed by atoms with Gasteiger partial charge in [-0.05, 0) is 36.4 Å². The number of likely N-dealkylation sites (N-methyl/N-ethyl adjacent to an activating group) is 1. The summed E-state index contributed by atoms with van der Waals surface area (Å²) in [6.45, 7) is -0.305. The van der Waals surface area contributed by atoms with E-state index in [0.29, 0.717) is 11.4 Å². The third kappa shape index (κ3) is 3.81. The van der Waals surface area contributed by atoms with E-state index in [4.69, 9.17) is 4.74 Å². The van der Waals surface area contributed by atoms with Crippen LogP contribution in [0.4, 0.5) is 5.69 Å². The minimum atomic E-state index is -3.85. The van der Waals surface area contributed by atoms with Crippen LogP contribution in [0.15, 0.2) is 59.5 Å². The fourth-order valence-electron chi connectivity index (χ4n) is 1.99. The van der Waals surface area contributed by atoms with Gasteiger partial charge in [-0.15, -0.1) is 0 Å². The average Bonchev–Trinajstić information content (AvgIpc) is 2.60. The molecule has 0 radical (unpaired) electrons. The van der Waals surface area contributed by atoms with Crippen molar-refractivity contribution < 1.29 is 17.9 Å². The molecule has 0 heterocycles. The number of amides is 1. The van der Waals surface area contributed by atoms with Gasteiger partial charge in [-0.1, -0.05) is 18.2 Å². The lowest BCUT2D eigenvalue weighted by atomic mass is 10.3. The Morgan fingerprint density at radius 1 is 1.09 bits per heavy atom. The van der Waals surface area contributed by atoms with E-state index in [2.05, 4.69) is 5.32 Å². The minimum Gasteiger partial charge on any atom is -0.497 e. The Morgan fingerprint density at radius 3 is 2.22 bits per heavy atom. The van der Waals surface area contributed by atoms with E-state index in [9.17, 15) is 13.2 Å². The van der Waals surface area contributed by atoms with Crippen LogP contribution in [0.2, 0.25) is 0 Å². The average molecular weight is 334 g/mol. The summed E-state index contributed by atoms with van der Waals surface area (Å²) in [5.41, 5.74) is 0.387. The third-order valence-corrected chi connectivity index (χ3v) is 5.05. The molecule has 0 saturated heterocycles. The van der Waals surface area contributed by atoms with Crippen LogP contribution in [0, 0.1) is 0 Å². The van der Waals surface area contributed by atoms with Gasteiger partial charge in [0.1, 0.15) is 12.3 Å². The van der Waals surface area contributed by atoms with Crippen LogP contribution in [0.3, 0.4) is 0 Å². The number of benzene rings is 2. The van der Waals surface area contributed by atoms with Crippen molar-refractivity contribution in [1.29, 1.82) is 0 Å². The van der Waals surface area contributed by atoms with E-state index >= 15 is 0 Å². The highest BCUT2D eigenvalue weighted by Crippen LogP contribution is 2.25. The van der Waals surface area contributed by atoms with Gasteiger partial charge in [-0.25, -0.2) is 8.42 Å². The Morgan fingerprint density at radius 2 is 1.70 bits per heavy atom. The van der Waals surface area contributed by atoms with Crippen molar-refractivity contribution in [3.8, 4) is 5.75 Å². The second kappa shape index (κ2) is 7.15. The predicted octanol–water partition coefficient (Wildman–Crippen LogP) is 1.64. The largest absolute Gasteiger partial charge is 0.497 e. The zero-order valence-corrected chi connectivity index (χ0v) is 13.7. The second-order valence-electron chi connectivity index (χ2n) is 4.70. The Hall–Kier alpha value is -2.54. The van der Waals surface area contributed by atoms with Crippen LogP contribution in [0.25, 0.3) is 0 Å². The molecule has 7 heteroatoms. The number of rotatable bonds is 6. The molecule has 0 bridgehead atoms. The van der Waals surface area contributed by atoms with Gasteiger partial charge in [-0.3, -0.25) is 9.10 Å². The molecule has 0 aromatic heterocycles. The molecule has 0 atom stereocenters. The number of nitrogens with one attached hydrogen (secondary N) is 1. The van der Waals surface area contributed by atoms with E-state index < -0.39 is 15.9 Å². The van der Waals surface area contributed by atoms with E-state index in [1.165, 1.54) is 26.3 Å². The highest BCUT2D eigenvalue weighted by Gasteiger charge is 2.26. The van der Waals surface area contributed by atoms with Gasteiger partial charge in [0.2, 0.25) is 5.91 Å². The Balaban J connectivity index is 2.47. The molecule has 2 aromatic carbocycles. The molecule has 0 aliphatic rings. The number of nitrogens with zero attached hydrogens (tertiary/aromatic N) is 1. The highest BCUT2D eigenvalue weighted by molar-refractivity contribution is 7.92. The minimum absolute atomic E-state index is 0.125. The molecule has 0 aliphatic carbocycles. The van der Waals surface area contributed by atoms with Crippen LogP contribution < -0.4 is 14.4 Å². The van der Waals surface area contributed by atoms with Crippen LogP contribution in [-0.2, 0) is 14.8 Å². The van der Waals surface area contributed by atoms with Gasteiger partial charge in [0, 0.05) is 7.05 Å². The predicted molar refractivity (Wildman–Crippen MR) is 88.0 cm³/mol. The fraction of sp³-hybridized carbons (Fsp3) is 0.188. The fourth-order valence-corrected chi connectivity index (χ4v) is 3.43. The molecule has 2 rings (SSSR count). The van der Waals surface area contributed by atoms with E-state index in [1.807, 2.05) is 0 Å². The zero-order valence-electron chi connectivity index (χ0n) is 12.9. The number of carbonyl (C=O) groups is 1. The van der Waals surface area contributed by atoms with E-state index in [-0.39, 0.29) is 11.4 Å². The molecule has 23 heavy (non-hydrogen) atoms. The van der Waals surface area contributed by atoms with E-state index in [0.717, 1.165) is 4.31 Å². The lowest BCUT2D eigenvalue weighted by molar-refractivity contribution is -0.119. The standard InChI is InChI=1S/C16H18N2O4S/c1-17-16(19)12-18(13-8-10-14(22-2)11-9-13)23(20,21)15-6-4-3-5-7-15/h3-11H,12H2,1-2H3,(H,17,19). The lowest BCUT2D eigenvalue weighted by Crippen LogP contribution is -2.39. The van der Waals surface area contributed by atoms with Crippen molar-refractivity contribution in [2.24, 2.45) is 0 Å². The maximum absolute atomic E-state index is 12.9. The molecule has 0 fully saturated rings. The van der Waals surface area contributed by atoms with Crippen LogP contribution in [0.5, 0.6) is 5.75 Å². The van der Waals surface area contributed by atoms with Crippen molar-refractivity contribution in [2.75, 3.05) is 25.0 Å². The van der Waals surface area contributed by atoms with E-state index in [1.54, 1.807) is 42.5 Å². The normalized spacial score (nSPS) is 10.9. The number of hydrogen-bond donors (Lipinski definition) is 1. The van der Waals surface area contributed by atoms with Gasteiger partial charge in [0.05, 0.1) is 17.7 Å². The first kappa shape index (κ1) is 16.8. The van der Waals surface area contributed by atoms with Gasteiger partial charge >= 0.3 is 0 Å². The molecule has 0 aliphatic heterocycles. The summed E-state index contributed by atoms with van der Waals surface area (Å²) in [5, 5.41) is 2.44. The number of sulfonamides is 1. The molecule has 0 spiro atoms. The van der Waals surface area contributed by atoms with Crippen molar-refractivity contribution >= 4 is 21.6 Å². The zero-order chi connectivity index (χ0) is 16.9. The molecule has 1 N–H and O–H groups in total. The first-order valence-electron chi connectivity index (χ1n) is 6.91. The molecular weight excluding hydrogens is 316 g/mol. The van der Waals surface area contributed by atoms with Gasteiger partial charge in [0.15, 0.2) is 0 Å².